The molecule has 2 bridgehead atoms. The Hall–Kier alpha value is -2.25. The standard InChI is InChI=1S/C23H33FN4O7S/c1-3-36(30,31)28-8-4-17(5-9-28)33-20-18(24)21(26-14-25-20)34-19-15-10-27(11-16(19)13-32-12-15)22(29)35-23(2)6-7-23/h14-17,19H,3-13H2,1-2H3. The lowest BCUT2D eigenvalue weighted by Gasteiger charge is -2.46. The highest BCUT2D eigenvalue weighted by molar-refractivity contribution is 7.89. The van der Waals surface area contributed by atoms with E-state index in [0.29, 0.717) is 52.2 Å². The molecule has 11 nitrogen and oxygen atoms in total. The summed E-state index contributed by atoms with van der Waals surface area (Å²) in [5.74, 6) is -1.46. The Bertz CT molecular complexity index is 1060. The molecule has 1 aromatic heterocycles. The molecule has 13 heteroatoms. The molecule has 1 amide bonds. The zero-order valence-corrected chi connectivity index (χ0v) is 21.4. The van der Waals surface area contributed by atoms with E-state index in [1.165, 1.54) is 10.6 Å². The summed E-state index contributed by atoms with van der Waals surface area (Å²) in [6.45, 7) is 5.74. The van der Waals surface area contributed by atoms with Crippen molar-refractivity contribution in [2.45, 2.75) is 57.3 Å². The number of carbonyl (C=O) groups is 1. The number of likely N-dealkylation sites (tertiary alicyclic amines) is 1. The summed E-state index contributed by atoms with van der Waals surface area (Å²) in [4.78, 5) is 22.3. The Balaban J connectivity index is 1.21. The number of fused-ring (bicyclic) bond motifs is 2. The molecule has 5 rings (SSSR count). The molecule has 4 aliphatic rings. The minimum absolute atomic E-state index is 0.0479. The van der Waals surface area contributed by atoms with Crippen molar-refractivity contribution in [3.05, 3.63) is 12.1 Å². The molecule has 3 saturated heterocycles. The number of carbonyl (C=O) groups excluding carboxylic acids is 1. The second-order valence-corrected chi connectivity index (χ2v) is 12.5. The summed E-state index contributed by atoms with van der Waals surface area (Å²) in [7, 11) is -3.26. The van der Waals surface area contributed by atoms with E-state index >= 15 is 4.39 Å². The summed E-state index contributed by atoms with van der Waals surface area (Å²) in [6.07, 6.45) is 2.76. The third-order valence-electron chi connectivity index (χ3n) is 7.46. The molecule has 3 aliphatic heterocycles. The largest absolute Gasteiger partial charge is 0.472 e. The molecule has 2 atom stereocenters. The summed E-state index contributed by atoms with van der Waals surface area (Å²) in [6, 6.07) is 0. The fourth-order valence-electron chi connectivity index (χ4n) is 4.99. The first-order chi connectivity index (χ1) is 17.2. The predicted octanol–water partition coefficient (Wildman–Crippen LogP) is 1.82. The topological polar surface area (TPSA) is 120 Å². The lowest BCUT2D eigenvalue weighted by atomic mass is 9.84. The Morgan fingerprint density at radius 1 is 1.14 bits per heavy atom. The van der Waals surface area contributed by atoms with Gasteiger partial charge in [-0.2, -0.15) is 14.4 Å². The third-order valence-corrected chi connectivity index (χ3v) is 9.34. The van der Waals surface area contributed by atoms with Crippen molar-refractivity contribution in [3.8, 4) is 11.8 Å². The van der Waals surface area contributed by atoms with E-state index in [0.717, 1.165) is 12.8 Å². The van der Waals surface area contributed by atoms with Crippen LogP contribution in [0.4, 0.5) is 9.18 Å². The average molecular weight is 529 g/mol. The fourth-order valence-corrected chi connectivity index (χ4v) is 6.13. The van der Waals surface area contributed by atoms with Gasteiger partial charge in [0.2, 0.25) is 15.8 Å². The van der Waals surface area contributed by atoms with Crippen LogP contribution in [0.1, 0.15) is 39.5 Å². The van der Waals surface area contributed by atoms with Crippen LogP contribution in [0.5, 0.6) is 11.8 Å². The van der Waals surface area contributed by atoms with Gasteiger partial charge in [-0.25, -0.2) is 17.5 Å². The molecular formula is C23H33FN4O7S. The van der Waals surface area contributed by atoms with E-state index in [2.05, 4.69) is 9.97 Å². The van der Waals surface area contributed by atoms with Crippen LogP contribution in [0.25, 0.3) is 0 Å². The van der Waals surface area contributed by atoms with Crippen LogP contribution < -0.4 is 9.47 Å². The van der Waals surface area contributed by atoms with E-state index in [1.807, 2.05) is 6.92 Å². The van der Waals surface area contributed by atoms with Gasteiger partial charge in [-0.1, -0.05) is 0 Å². The highest BCUT2D eigenvalue weighted by Crippen LogP contribution is 2.40. The number of hydrogen-bond donors (Lipinski definition) is 0. The van der Waals surface area contributed by atoms with Gasteiger partial charge < -0.3 is 23.8 Å². The Morgan fingerprint density at radius 2 is 1.75 bits per heavy atom. The van der Waals surface area contributed by atoms with Crippen LogP contribution in [0.2, 0.25) is 0 Å². The van der Waals surface area contributed by atoms with E-state index in [9.17, 15) is 13.2 Å². The summed E-state index contributed by atoms with van der Waals surface area (Å²) < 4.78 is 64.0. The number of piperidine rings is 2. The van der Waals surface area contributed by atoms with Gasteiger partial charge in [-0.15, -0.1) is 0 Å². The van der Waals surface area contributed by atoms with Gasteiger partial charge in [0.1, 0.15) is 24.1 Å². The second kappa shape index (κ2) is 9.90. The monoisotopic (exact) mass is 528 g/mol. The number of aromatic nitrogens is 2. The summed E-state index contributed by atoms with van der Waals surface area (Å²) in [5, 5.41) is 0. The van der Waals surface area contributed by atoms with Gasteiger partial charge in [-0.3, -0.25) is 0 Å². The van der Waals surface area contributed by atoms with Crippen LogP contribution in [-0.2, 0) is 19.5 Å². The van der Waals surface area contributed by atoms with Gasteiger partial charge >= 0.3 is 6.09 Å². The molecule has 36 heavy (non-hydrogen) atoms. The number of rotatable bonds is 7. The number of hydrogen-bond acceptors (Lipinski definition) is 9. The molecule has 200 valence electrons. The van der Waals surface area contributed by atoms with Crippen molar-refractivity contribution in [1.82, 2.24) is 19.2 Å². The third kappa shape index (κ3) is 5.37. The fraction of sp³-hybridized carbons (Fsp3) is 0.783. The predicted molar refractivity (Wildman–Crippen MR) is 125 cm³/mol. The molecule has 1 aromatic rings. The van der Waals surface area contributed by atoms with Gasteiger partial charge in [-0.05, 0) is 39.5 Å². The van der Waals surface area contributed by atoms with Crippen molar-refractivity contribution in [2.24, 2.45) is 11.8 Å². The molecule has 4 fully saturated rings. The zero-order valence-electron chi connectivity index (χ0n) is 20.6. The van der Waals surface area contributed by atoms with Crippen LogP contribution >= 0.6 is 0 Å². The SMILES string of the molecule is CCS(=O)(=O)N1CCC(Oc2ncnc(OC3C4COCC3CN(C(=O)OC3(C)CC3)C4)c2F)CC1. The summed E-state index contributed by atoms with van der Waals surface area (Å²) >= 11 is 0. The first-order valence-electron chi connectivity index (χ1n) is 12.5. The maximum absolute atomic E-state index is 15.3. The van der Waals surface area contributed by atoms with E-state index in [4.69, 9.17) is 18.9 Å². The number of ether oxygens (including phenoxy) is 4. The van der Waals surface area contributed by atoms with Crippen LogP contribution in [0.3, 0.4) is 0 Å². The molecule has 0 N–H and O–H groups in total. The molecule has 1 saturated carbocycles. The van der Waals surface area contributed by atoms with Crippen LogP contribution in [0.15, 0.2) is 6.33 Å². The highest BCUT2D eigenvalue weighted by atomic mass is 32.2. The van der Waals surface area contributed by atoms with Gasteiger partial charge in [0, 0.05) is 38.0 Å². The first-order valence-corrected chi connectivity index (χ1v) is 14.2. The number of sulfonamides is 1. The van der Waals surface area contributed by atoms with E-state index in [1.54, 1.807) is 11.8 Å². The van der Waals surface area contributed by atoms with Gasteiger partial charge in [0.15, 0.2) is 0 Å². The van der Waals surface area contributed by atoms with Crippen molar-refractivity contribution < 1.29 is 36.6 Å². The molecule has 1 aliphatic carbocycles. The van der Waals surface area contributed by atoms with Crippen molar-refractivity contribution >= 4 is 16.1 Å². The quantitative estimate of drug-likeness (QED) is 0.522. The summed E-state index contributed by atoms with van der Waals surface area (Å²) in [5.41, 5.74) is -0.350. The van der Waals surface area contributed by atoms with E-state index in [-0.39, 0.29) is 53.3 Å². The van der Waals surface area contributed by atoms with Gasteiger partial charge in [0.05, 0.1) is 19.0 Å². The first kappa shape index (κ1) is 25.4. The zero-order chi connectivity index (χ0) is 25.5. The smallest absolute Gasteiger partial charge is 0.410 e. The molecule has 0 spiro atoms. The maximum atomic E-state index is 15.3. The highest BCUT2D eigenvalue weighted by Gasteiger charge is 2.47. The lowest BCUT2D eigenvalue weighted by molar-refractivity contribution is -0.112. The molecule has 0 radical (unpaired) electrons. The lowest BCUT2D eigenvalue weighted by Crippen LogP contribution is -2.59. The molecule has 0 aromatic carbocycles. The number of amides is 1. The normalized spacial score (nSPS) is 28.4. The van der Waals surface area contributed by atoms with Crippen molar-refractivity contribution in [2.75, 3.05) is 45.1 Å². The second-order valence-electron chi connectivity index (χ2n) is 10.3. The molecular weight excluding hydrogens is 495 g/mol. The minimum Gasteiger partial charge on any atom is -0.472 e. The van der Waals surface area contributed by atoms with Crippen LogP contribution in [0, 0.1) is 17.7 Å². The van der Waals surface area contributed by atoms with Crippen LogP contribution in [-0.4, -0.2) is 96.6 Å². The molecule has 2 unspecified atom stereocenters. The minimum atomic E-state index is -3.26. The average Bonchev–Trinajstić information content (AvgIpc) is 3.58. The van der Waals surface area contributed by atoms with Crippen molar-refractivity contribution in [3.63, 3.8) is 0 Å². The number of nitrogens with zero attached hydrogens (tertiary/aromatic N) is 4. The Kier molecular flexibility index (Phi) is 6.98. The van der Waals surface area contributed by atoms with E-state index < -0.39 is 15.8 Å². The molecule has 4 heterocycles. The number of halogens is 1. The Morgan fingerprint density at radius 3 is 2.33 bits per heavy atom. The van der Waals surface area contributed by atoms with Crippen molar-refractivity contribution in [1.29, 1.82) is 0 Å². The Labute approximate surface area is 210 Å². The maximum Gasteiger partial charge on any atom is 0.410 e. The van der Waals surface area contributed by atoms with Gasteiger partial charge in [0.25, 0.3) is 11.8 Å².